The van der Waals surface area contributed by atoms with Crippen molar-refractivity contribution in [2.75, 3.05) is 6.54 Å². The largest absolute Gasteiger partial charge is 0.354 e. The quantitative estimate of drug-likeness (QED) is 0.697. The molecule has 3 heterocycles. The van der Waals surface area contributed by atoms with Crippen molar-refractivity contribution in [1.29, 1.82) is 0 Å². The van der Waals surface area contributed by atoms with Crippen LogP contribution in [-0.4, -0.2) is 33.1 Å². The molecule has 0 bridgehead atoms. The Morgan fingerprint density at radius 3 is 2.73 bits per heavy atom. The van der Waals surface area contributed by atoms with E-state index in [1.807, 2.05) is 36.9 Å². The molecule has 5 nitrogen and oxygen atoms in total. The van der Waals surface area contributed by atoms with Gasteiger partial charge in [-0.1, -0.05) is 12.1 Å². The molecule has 26 heavy (non-hydrogen) atoms. The van der Waals surface area contributed by atoms with Crippen LogP contribution in [0.3, 0.4) is 0 Å². The Labute approximate surface area is 156 Å². The molecular weight excluding hydrogens is 346 g/mol. The molecule has 1 amide bonds. The lowest BCUT2D eigenvalue weighted by molar-refractivity contribution is 0.0729. The molecule has 1 N–H and O–H groups in total. The highest BCUT2D eigenvalue weighted by molar-refractivity contribution is 7.18. The molecule has 1 aliphatic heterocycles. The first-order chi connectivity index (χ1) is 12.5. The lowest BCUT2D eigenvalue weighted by Crippen LogP contribution is -2.31. The second-order valence-corrected chi connectivity index (χ2v) is 7.92. The van der Waals surface area contributed by atoms with Gasteiger partial charge in [-0.15, -0.1) is 11.3 Å². The molecule has 1 atom stereocenters. The smallest absolute Gasteiger partial charge is 0.271 e. The molecule has 134 valence electrons. The fraction of sp³-hybridized carbons (Fsp3) is 0.350. The van der Waals surface area contributed by atoms with Crippen LogP contribution in [0.15, 0.2) is 24.3 Å². The first-order valence-electron chi connectivity index (χ1n) is 8.84. The van der Waals surface area contributed by atoms with Crippen LogP contribution < -0.4 is 0 Å². The number of likely N-dealkylation sites (tertiary alicyclic amines) is 1. The Kier molecular flexibility index (Phi) is 4.15. The van der Waals surface area contributed by atoms with Gasteiger partial charge in [-0.3, -0.25) is 9.59 Å². The zero-order valence-electron chi connectivity index (χ0n) is 15.1. The van der Waals surface area contributed by atoms with Gasteiger partial charge in [-0.05, 0) is 51.3 Å². The molecule has 2 aromatic heterocycles. The predicted octanol–water partition coefficient (Wildman–Crippen LogP) is 4.42. The van der Waals surface area contributed by atoms with Gasteiger partial charge in [0.2, 0.25) is 0 Å². The topological polar surface area (TPSA) is 66.1 Å². The standard InChI is InChI=1S/C20H21N3O2S/c1-11-17(13(3)24)12(2)21-18(11)20(25)23-10-6-8-15(23)19-22-14-7-4-5-9-16(14)26-19/h4-5,7,9,15,21H,6,8,10H2,1-3H3. The zero-order chi connectivity index (χ0) is 18.4. The van der Waals surface area contributed by atoms with E-state index in [1.165, 1.54) is 6.92 Å². The monoisotopic (exact) mass is 367 g/mol. The Balaban J connectivity index is 1.69. The maximum atomic E-state index is 13.2. The van der Waals surface area contributed by atoms with Crippen LogP contribution in [0.2, 0.25) is 0 Å². The fourth-order valence-electron chi connectivity index (χ4n) is 3.93. The number of nitrogens with one attached hydrogen (secondary N) is 1. The van der Waals surface area contributed by atoms with E-state index in [0.29, 0.717) is 17.8 Å². The van der Waals surface area contributed by atoms with Gasteiger partial charge in [0.25, 0.3) is 5.91 Å². The first kappa shape index (κ1) is 17.0. The average Bonchev–Trinajstić information content (AvgIpc) is 3.29. The SMILES string of the molecule is CC(=O)c1c(C)[nH]c(C(=O)N2CCCC2c2nc3ccccc3s2)c1C. The summed E-state index contributed by atoms with van der Waals surface area (Å²) in [6.07, 6.45) is 1.88. The van der Waals surface area contributed by atoms with E-state index in [0.717, 1.165) is 39.3 Å². The van der Waals surface area contributed by atoms with Crippen molar-refractivity contribution < 1.29 is 9.59 Å². The van der Waals surface area contributed by atoms with Crippen molar-refractivity contribution >= 4 is 33.2 Å². The molecular formula is C20H21N3O2S. The molecule has 0 spiro atoms. The minimum absolute atomic E-state index is 0.00341. The molecule has 1 aliphatic rings. The van der Waals surface area contributed by atoms with Gasteiger partial charge in [0.05, 0.1) is 16.3 Å². The molecule has 6 heteroatoms. The number of aromatic nitrogens is 2. The van der Waals surface area contributed by atoms with Crippen LogP contribution >= 0.6 is 11.3 Å². The van der Waals surface area contributed by atoms with Crippen LogP contribution in [0.1, 0.15) is 62.9 Å². The van der Waals surface area contributed by atoms with Crippen LogP contribution in [0.4, 0.5) is 0 Å². The summed E-state index contributed by atoms with van der Waals surface area (Å²) in [6.45, 7) is 5.94. The van der Waals surface area contributed by atoms with Gasteiger partial charge in [0.15, 0.2) is 5.78 Å². The molecule has 0 aliphatic carbocycles. The van der Waals surface area contributed by atoms with Gasteiger partial charge >= 0.3 is 0 Å². The number of H-pyrrole nitrogens is 1. The molecule has 3 aromatic rings. The van der Waals surface area contributed by atoms with E-state index >= 15 is 0 Å². The van der Waals surface area contributed by atoms with E-state index in [4.69, 9.17) is 4.98 Å². The number of thiazole rings is 1. The number of nitrogens with zero attached hydrogens (tertiary/aromatic N) is 2. The highest BCUT2D eigenvalue weighted by atomic mass is 32.1. The van der Waals surface area contributed by atoms with Gasteiger partial charge < -0.3 is 9.88 Å². The number of para-hydroxylation sites is 1. The number of rotatable bonds is 3. The maximum absolute atomic E-state index is 13.2. The molecule has 0 radical (unpaired) electrons. The summed E-state index contributed by atoms with van der Waals surface area (Å²) in [7, 11) is 0. The molecule has 1 aromatic carbocycles. The van der Waals surface area contributed by atoms with Gasteiger partial charge in [0, 0.05) is 17.8 Å². The van der Waals surface area contributed by atoms with Crippen molar-refractivity contribution in [3.05, 3.63) is 51.8 Å². The number of carbonyl (C=O) groups is 2. The Morgan fingerprint density at radius 2 is 2.04 bits per heavy atom. The number of benzene rings is 1. The van der Waals surface area contributed by atoms with Crippen molar-refractivity contribution in [1.82, 2.24) is 14.9 Å². The van der Waals surface area contributed by atoms with Crippen molar-refractivity contribution in [2.45, 2.75) is 39.7 Å². The van der Waals surface area contributed by atoms with Crippen LogP contribution in [0, 0.1) is 13.8 Å². The summed E-state index contributed by atoms with van der Waals surface area (Å²) in [5.74, 6) is -0.0562. The van der Waals surface area contributed by atoms with E-state index in [1.54, 1.807) is 11.3 Å². The van der Waals surface area contributed by atoms with E-state index in [-0.39, 0.29) is 17.7 Å². The lowest BCUT2D eigenvalue weighted by Gasteiger charge is -2.23. The average molecular weight is 367 g/mol. The molecule has 1 fully saturated rings. The minimum atomic E-state index is -0.0418. The van der Waals surface area contributed by atoms with E-state index in [2.05, 4.69) is 11.1 Å². The maximum Gasteiger partial charge on any atom is 0.271 e. The molecule has 4 rings (SSSR count). The fourth-order valence-corrected chi connectivity index (χ4v) is 5.05. The number of aromatic amines is 1. The number of aryl methyl sites for hydroxylation is 1. The second-order valence-electron chi connectivity index (χ2n) is 6.86. The van der Waals surface area contributed by atoms with Crippen molar-refractivity contribution in [3.8, 4) is 0 Å². The predicted molar refractivity (Wildman–Crippen MR) is 103 cm³/mol. The summed E-state index contributed by atoms with van der Waals surface area (Å²) in [6, 6.07) is 8.07. The van der Waals surface area contributed by atoms with Crippen molar-refractivity contribution in [2.24, 2.45) is 0 Å². The summed E-state index contributed by atoms with van der Waals surface area (Å²) < 4.78 is 1.15. The molecule has 0 saturated carbocycles. The Hall–Kier alpha value is -2.47. The van der Waals surface area contributed by atoms with Crippen molar-refractivity contribution in [3.63, 3.8) is 0 Å². The normalized spacial score (nSPS) is 17.2. The summed E-state index contributed by atoms with van der Waals surface area (Å²) in [4.78, 5) is 34.9. The number of fused-ring (bicyclic) bond motifs is 1. The third kappa shape index (κ3) is 2.65. The number of Topliss-reactive ketones (excluding diaryl/α,β-unsaturated/α-hetero) is 1. The van der Waals surface area contributed by atoms with Crippen LogP contribution in [0.5, 0.6) is 0 Å². The molecule has 1 saturated heterocycles. The zero-order valence-corrected chi connectivity index (χ0v) is 15.9. The van der Waals surface area contributed by atoms with Gasteiger partial charge in [-0.2, -0.15) is 0 Å². The number of hydrogen-bond acceptors (Lipinski definition) is 4. The Bertz CT molecular complexity index is 984. The van der Waals surface area contributed by atoms with Crippen LogP contribution in [-0.2, 0) is 0 Å². The molecule has 1 unspecified atom stereocenters. The third-order valence-electron chi connectivity index (χ3n) is 5.11. The highest BCUT2D eigenvalue weighted by Crippen LogP contribution is 2.37. The second kappa shape index (κ2) is 6.36. The van der Waals surface area contributed by atoms with E-state index in [9.17, 15) is 9.59 Å². The van der Waals surface area contributed by atoms with Gasteiger partial charge in [0.1, 0.15) is 10.7 Å². The van der Waals surface area contributed by atoms with Gasteiger partial charge in [-0.25, -0.2) is 4.98 Å². The number of amides is 1. The van der Waals surface area contributed by atoms with E-state index < -0.39 is 0 Å². The van der Waals surface area contributed by atoms with Crippen LogP contribution in [0.25, 0.3) is 10.2 Å². The summed E-state index contributed by atoms with van der Waals surface area (Å²) in [5.41, 5.74) is 3.64. The highest BCUT2D eigenvalue weighted by Gasteiger charge is 2.34. The number of hydrogen-bond donors (Lipinski definition) is 1. The lowest BCUT2D eigenvalue weighted by atomic mass is 10.1. The number of carbonyl (C=O) groups excluding carboxylic acids is 2. The Morgan fingerprint density at radius 1 is 1.27 bits per heavy atom. The minimum Gasteiger partial charge on any atom is -0.354 e. The first-order valence-corrected chi connectivity index (χ1v) is 9.65. The summed E-state index contributed by atoms with van der Waals surface area (Å²) in [5, 5.41) is 0.991. The third-order valence-corrected chi connectivity index (χ3v) is 6.25. The summed E-state index contributed by atoms with van der Waals surface area (Å²) >= 11 is 1.66. The number of ketones is 1.